The molecule has 116 valence electrons. The van der Waals surface area contributed by atoms with Gasteiger partial charge in [0, 0.05) is 26.2 Å². The van der Waals surface area contributed by atoms with Gasteiger partial charge in [-0.1, -0.05) is 0 Å². The Labute approximate surface area is 124 Å². The Morgan fingerprint density at radius 1 is 1.29 bits per heavy atom. The van der Waals surface area contributed by atoms with Crippen LogP contribution < -0.4 is 4.90 Å². The minimum Gasteiger partial charge on any atom is -0.366 e. The Morgan fingerprint density at radius 2 is 1.95 bits per heavy atom. The molecule has 0 unspecified atom stereocenters. The van der Waals surface area contributed by atoms with Gasteiger partial charge in [0.15, 0.2) is 0 Å². The molecular formula is C15H22FN3O2. The van der Waals surface area contributed by atoms with Crippen LogP contribution in [-0.2, 0) is 9.53 Å². The molecule has 1 aliphatic heterocycles. The van der Waals surface area contributed by atoms with Crippen molar-refractivity contribution in [2.45, 2.75) is 26.4 Å². The van der Waals surface area contributed by atoms with E-state index in [9.17, 15) is 9.18 Å². The fraction of sp³-hybridized carbons (Fsp3) is 0.600. The number of amides is 1. The lowest BCUT2D eigenvalue weighted by atomic mass is 10.2. The quantitative estimate of drug-likeness (QED) is 0.851. The minimum atomic E-state index is -0.341. The molecule has 2 heterocycles. The molecule has 0 spiro atoms. The Balaban J connectivity index is 1.82. The number of hydrogen-bond acceptors (Lipinski definition) is 4. The second-order valence-corrected chi connectivity index (χ2v) is 6.10. The number of carbonyl (C=O) groups is 1. The summed E-state index contributed by atoms with van der Waals surface area (Å²) in [5.74, 6) is 0.415. The molecule has 1 saturated heterocycles. The Bertz CT molecular complexity index is 477. The molecule has 21 heavy (non-hydrogen) atoms. The molecule has 0 atom stereocenters. The van der Waals surface area contributed by atoms with Gasteiger partial charge in [-0.3, -0.25) is 4.79 Å². The summed E-state index contributed by atoms with van der Waals surface area (Å²) in [6.07, 6.45) is 1.21. The molecule has 1 amide bonds. The lowest BCUT2D eigenvalue weighted by molar-refractivity contribution is -0.141. The van der Waals surface area contributed by atoms with Crippen molar-refractivity contribution in [3.63, 3.8) is 0 Å². The van der Waals surface area contributed by atoms with Crippen LogP contribution in [0, 0.1) is 5.82 Å². The number of hydrogen-bond donors (Lipinski definition) is 0. The van der Waals surface area contributed by atoms with Crippen LogP contribution in [-0.4, -0.2) is 54.2 Å². The van der Waals surface area contributed by atoms with E-state index in [4.69, 9.17) is 4.74 Å². The van der Waals surface area contributed by atoms with Crippen LogP contribution in [0.3, 0.4) is 0 Å². The monoisotopic (exact) mass is 295 g/mol. The summed E-state index contributed by atoms with van der Waals surface area (Å²) >= 11 is 0. The number of nitrogens with zero attached hydrogens (tertiary/aromatic N) is 3. The van der Waals surface area contributed by atoms with Crippen LogP contribution in [0.4, 0.5) is 10.2 Å². The van der Waals surface area contributed by atoms with Crippen molar-refractivity contribution in [3.05, 3.63) is 24.1 Å². The number of carbonyl (C=O) groups excluding carboxylic acids is 1. The van der Waals surface area contributed by atoms with Gasteiger partial charge in [-0.2, -0.15) is 0 Å². The van der Waals surface area contributed by atoms with E-state index in [0.29, 0.717) is 26.2 Å². The number of piperazine rings is 1. The van der Waals surface area contributed by atoms with Gasteiger partial charge in [0.1, 0.15) is 18.2 Å². The summed E-state index contributed by atoms with van der Waals surface area (Å²) in [6, 6.07) is 3.06. The zero-order valence-corrected chi connectivity index (χ0v) is 12.8. The second kappa shape index (κ2) is 6.39. The third-order valence-corrected chi connectivity index (χ3v) is 3.30. The average molecular weight is 295 g/mol. The lowest BCUT2D eigenvalue weighted by Gasteiger charge is -2.35. The fourth-order valence-electron chi connectivity index (χ4n) is 2.11. The van der Waals surface area contributed by atoms with Gasteiger partial charge in [0.05, 0.1) is 11.8 Å². The molecular weight excluding hydrogens is 273 g/mol. The second-order valence-electron chi connectivity index (χ2n) is 6.10. The Morgan fingerprint density at radius 3 is 2.48 bits per heavy atom. The van der Waals surface area contributed by atoms with Crippen LogP contribution in [0.25, 0.3) is 0 Å². The summed E-state index contributed by atoms with van der Waals surface area (Å²) in [4.78, 5) is 20.0. The number of ether oxygens (including phenoxy) is 1. The number of halogens is 1. The van der Waals surface area contributed by atoms with Crippen molar-refractivity contribution in [2.75, 3.05) is 37.7 Å². The highest BCUT2D eigenvalue weighted by atomic mass is 19.1. The molecule has 0 N–H and O–H groups in total. The fourth-order valence-corrected chi connectivity index (χ4v) is 2.11. The smallest absolute Gasteiger partial charge is 0.248 e. The minimum absolute atomic E-state index is 0.0108. The molecule has 1 aromatic heterocycles. The molecule has 2 rings (SSSR count). The maximum atomic E-state index is 12.9. The van der Waals surface area contributed by atoms with E-state index in [2.05, 4.69) is 4.98 Å². The first-order chi connectivity index (χ1) is 9.85. The van der Waals surface area contributed by atoms with Crippen LogP contribution in [0.2, 0.25) is 0 Å². The predicted octanol–water partition coefficient (Wildman–Crippen LogP) is 1.68. The number of anilines is 1. The highest BCUT2D eigenvalue weighted by Crippen LogP contribution is 2.14. The van der Waals surface area contributed by atoms with Crippen LogP contribution in [0.1, 0.15) is 20.8 Å². The van der Waals surface area contributed by atoms with Crippen molar-refractivity contribution >= 4 is 11.7 Å². The summed E-state index contributed by atoms with van der Waals surface area (Å²) in [5, 5.41) is 0. The Hall–Kier alpha value is -1.69. The molecule has 1 fully saturated rings. The largest absolute Gasteiger partial charge is 0.366 e. The topological polar surface area (TPSA) is 45.7 Å². The number of rotatable bonds is 3. The third-order valence-electron chi connectivity index (χ3n) is 3.30. The highest BCUT2D eigenvalue weighted by Gasteiger charge is 2.23. The third kappa shape index (κ3) is 4.67. The van der Waals surface area contributed by atoms with Gasteiger partial charge in [-0.15, -0.1) is 0 Å². The van der Waals surface area contributed by atoms with Gasteiger partial charge in [0.25, 0.3) is 0 Å². The molecule has 1 aliphatic rings. The number of pyridine rings is 1. The van der Waals surface area contributed by atoms with Gasteiger partial charge in [-0.05, 0) is 32.9 Å². The first-order valence-electron chi connectivity index (χ1n) is 7.13. The van der Waals surface area contributed by atoms with E-state index in [0.717, 1.165) is 5.82 Å². The van der Waals surface area contributed by atoms with Gasteiger partial charge >= 0.3 is 0 Å². The maximum Gasteiger partial charge on any atom is 0.248 e. The standard InChI is InChI=1S/C15H22FN3O2/c1-15(2,3)21-11-14(20)19-8-6-18(7-9-19)13-5-4-12(16)10-17-13/h4-5,10H,6-9,11H2,1-3H3. The van der Waals surface area contributed by atoms with Crippen molar-refractivity contribution in [3.8, 4) is 0 Å². The molecule has 0 aromatic carbocycles. The zero-order valence-electron chi connectivity index (χ0n) is 12.8. The molecule has 6 heteroatoms. The summed E-state index contributed by atoms with van der Waals surface area (Å²) in [6.45, 7) is 8.55. The zero-order chi connectivity index (χ0) is 15.5. The summed E-state index contributed by atoms with van der Waals surface area (Å²) < 4.78 is 18.4. The van der Waals surface area contributed by atoms with Crippen LogP contribution in [0.5, 0.6) is 0 Å². The Kier molecular flexibility index (Phi) is 4.77. The van der Waals surface area contributed by atoms with E-state index in [-0.39, 0.29) is 23.9 Å². The SMILES string of the molecule is CC(C)(C)OCC(=O)N1CCN(c2ccc(F)cn2)CC1. The van der Waals surface area contributed by atoms with E-state index in [1.54, 1.807) is 11.0 Å². The molecule has 0 aliphatic carbocycles. The summed E-state index contributed by atoms with van der Waals surface area (Å²) in [7, 11) is 0. The first-order valence-corrected chi connectivity index (χ1v) is 7.13. The molecule has 5 nitrogen and oxygen atoms in total. The van der Waals surface area contributed by atoms with Crippen LogP contribution in [0.15, 0.2) is 18.3 Å². The van der Waals surface area contributed by atoms with Crippen molar-refractivity contribution in [1.82, 2.24) is 9.88 Å². The first kappa shape index (κ1) is 15.7. The average Bonchev–Trinajstić information content (AvgIpc) is 2.45. The molecule has 0 saturated carbocycles. The van der Waals surface area contributed by atoms with Crippen molar-refractivity contribution in [1.29, 1.82) is 0 Å². The summed E-state index contributed by atoms with van der Waals surface area (Å²) in [5.41, 5.74) is -0.310. The highest BCUT2D eigenvalue weighted by molar-refractivity contribution is 5.77. The van der Waals surface area contributed by atoms with E-state index < -0.39 is 0 Å². The maximum absolute atomic E-state index is 12.9. The van der Waals surface area contributed by atoms with Crippen LogP contribution >= 0.6 is 0 Å². The van der Waals surface area contributed by atoms with Gasteiger partial charge < -0.3 is 14.5 Å². The lowest BCUT2D eigenvalue weighted by Crippen LogP contribution is -2.50. The van der Waals surface area contributed by atoms with Crippen molar-refractivity contribution in [2.24, 2.45) is 0 Å². The van der Waals surface area contributed by atoms with E-state index in [1.165, 1.54) is 12.3 Å². The molecule has 0 radical (unpaired) electrons. The molecule has 0 bridgehead atoms. The van der Waals surface area contributed by atoms with Crippen molar-refractivity contribution < 1.29 is 13.9 Å². The van der Waals surface area contributed by atoms with Gasteiger partial charge in [-0.25, -0.2) is 9.37 Å². The van der Waals surface area contributed by atoms with E-state index >= 15 is 0 Å². The van der Waals surface area contributed by atoms with Gasteiger partial charge in [0.2, 0.25) is 5.91 Å². The number of aromatic nitrogens is 1. The predicted molar refractivity (Wildman–Crippen MR) is 78.7 cm³/mol. The normalized spacial score (nSPS) is 16.2. The molecule has 1 aromatic rings. The van der Waals surface area contributed by atoms with E-state index in [1.807, 2.05) is 25.7 Å².